The lowest BCUT2D eigenvalue weighted by Gasteiger charge is -2.25. The third-order valence-corrected chi connectivity index (χ3v) is 7.42. The molecule has 5 rings (SSSR count). The summed E-state index contributed by atoms with van der Waals surface area (Å²) in [5.74, 6) is -6.91. The van der Waals surface area contributed by atoms with Gasteiger partial charge in [0.1, 0.15) is 5.92 Å². The number of Topliss-reactive ketones (excluding diaryl/α,β-unsaturated/α-hetero) is 2. The average Bonchev–Trinajstić information content (AvgIpc) is 3.35. The van der Waals surface area contributed by atoms with Crippen LogP contribution in [0.4, 0.5) is 0 Å². The number of aliphatic carboxylic acids is 1. The van der Waals surface area contributed by atoms with E-state index >= 15 is 0 Å². The lowest BCUT2D eigenvalue weighted by atomic mass is 9.75. The number of benzene rings is 3. The number of carbonyl (C=O) groups excluding carboxylic acids is 3. The third-order valence-electron chi connectivity index (χ3n) is 6.68. The number of fused-ring (bicyclic) bond motifs is 1. The van der Waals surface area contributed by atoms with Crippen LogP contribution in [-0.2, 0) is 20.9 Å². The Bertz CT molecular complexity index is 1370. The van der Waals surface area contributed by atoms with Crippen LogP contribution in [0.1, 0.15) is 37.9 Å². The molecule has 36 heavy (non-hydrogen) atoms. The Hall–Kier alpha value is -3.52. The fourth-order valence-electron chi connectivity index (χ4n) is 5.03. The molecule has 3 aromatic carbocycles. The summed E-state index contributed by atoms with van der Waals surface area (Å²) in [6.45, 7) is 0.117. The molecule has 1 amide bonds. The molecule has 1 heterocycles. The monoisotopic (exact) mass is 523 g/mol. The number of hydrogen-bond donors (Lipinski definition) is 2. The first-order valence-corrected chi connectivity index (χ1v) is 11.9. The van der Waals surface area contributed by atoms with E-state index in [1.165, 1.54) is 30.3 Å². The summed E-state index contributed by atoms with van der Waals surface area (Å²) in [4.78, 5) is 53.4. The maximum absolute atomic E-state index is 13.6. The fraction of sp³-hybridized carbons (Fsp3) is 0.185. The van der Waals surface area contributed by atoms with Crippen LogP contribution in [0.3, 0.4) is 0 Å². The van der Waals surface area contributed by atoms with Gasteiger partial charge in [-0.1, -0.05) is 83.9 Å². The zero-order chi connectivity index (χ0) is 25.6. The highest BCUT2D eigenvalue weighted by Crippen LogP contribution is 2.54. The lowest BCUT2D eigenvalue weighted by molar-refractivity contribution is -0.148. The molecular weight excluding hydrogens is 505 g/mol. The van der Waals surface area contributed by atoms with Gasteiger partial charge in [-0.2, -0.15) is 0 Å². The minimum absolute atomic E-state index is 0.0620. The highest BCUT2D eigenvalue weighted by atomic mass is 35.5. The number of nitrogens with one attached hydrogen (secondary N) is 1. The number of hydrogen-bond acceptors (Lipinski definition) is 5. The van der Waals surface area contributed by atoms with Crippen molar-refractivity contribution in [3.63, 3.8) is 0 Å². The second kappa shape index (κ2) is 9.17. The largest absolute Gasteiger partial charge is 0.481 e. The first kappa shape index (κ1) is 24.2. The van der Waals surface area contributed by atoms with Crippen LogP contribution in [0, 0.1) is 11.8 Å². The number of carboxylic acid groups (broad SMARTS) is 1. The maximum atomic E-state index is 13.6. The maximum Gasteiger partial charge on any atom is 0.311 e. The molecule has 0 bridgehead atoms. The van der Waals surface area contributed by atoms with Crippen LogP contribution in [-0.4, -0.2) is 34.2 Å². The molecule has 1 spiro atoms. The van der Waals surface area contributed by atoms with Gasteiger partial charge < -0.3 is 15.2 Å². The van der Waals surface area contributed by atoms with Crippen LogP contribution < -0.4 is 5.32 Å². The topological polar surface area (TPSA) is 110 Å². The van der Waals surface area contributed by atoms with Crippen LogP contribution in [0.2, 0.25) is 10.0 Å². The predicted molar refractivity (Wildman–Crippen MR) is 131 cm³/mol. The van der Waals surface area contributed by atoms with Gasteiger partial charge >= 0.3 is 5.97 Å². The van der Waals surface area contributed by atoms with Crippen molar-refractivity contribution >= 4 is 46.6 Å². The van der Waals surface area contributed by atoms with E-state index in [-0.39, 0.29) is 27.7 Å². The van der Waals surface area contributed by atoms with Crippen molar-refractivity contribution in [2.75, 3.05) is 0 Å². The minimum atomic E-state index is -2.39. The van der Waals surface area contributed by atoms with Gasteiger partial charge in [-0.05, 0) is 23.3 Å². The number of ether oxygens (including phenoxy) is 1. The van der Waals surface area contributed by atoms with E-state index in [0.717, 1.165) is 5.56 Å². The number of ketones is 2. The molecule has 1 aliphatic heterocycles. The van der Waals surface area contributed by atoms with E-state index in [2.05, 4.69) is 5.32 Å². The molecule has 7 nitrogen and oxygen atoms in total. The fourth-order valence-corrected chi connectivity index (χ4v) is 5.34. The van der Waals surface area contributed by atoms with Gasteiger partial charge in [0.05, 0.1) is 22.1 Å². The highest BCUT2D eigenvalue weighted by molar-refractivity contribution is 6.42. The first-order chi connectivity index (χ1) is 17.3. The van der Waals surface area contributed by atoms with Crippen LogP contribution >= 0.6 is 23.2 Å². The Kier molecular flexibility index (Phi) is 6.16. The molecule has 0 radical (unpaired) electrons. The quantitative estimate of drug-likeness (QED) is 0.476. The number of amides is 1. The van der Waals surface area contributed by atoms with Crippen LogP contribution in [0.15, 0.2) is 72.8 Å². The zero-order valence-electron chi connectivity index (χ0n) is 18.6. The van der Waals surface area contributed by atoms with Crippen molar-refractivity contribution in [3.05, 3.63) is 105 Å². The Morgan fingerprint density at radius 1 is 0.889 bits per heavy atom. The molecule has 3 atom stereocenters. The smallest absolute Gasteiger partial charge is 0.311 e. The van der Waals surface area contributed by atoms with Crippen molar-refractivity contribution in [2.45, 2.75) is 18.2 Å². The first-order valence-electron chi connectivity index (χ1n) is 11.1. The summed E-state index contributed by atoms with van der Waals surface area (Å²) in [5, 5.41) is 13.5. The molecule has 1 saturated heterocycles. The molecule has 2 aliphatic rings. The summed E-state index contributed by atoms with van der Waals surface area (Å²) < 4.78 is 6.12. The molecular formula is C27H19Cl2NO6. The number of carboxylic acids is 1. The summed E-state index contributed by atoms with van der Waals surface area (Å²) in [6, 6.07) is 19.6. The Labute approximate surface area is 216 Å². The Morgan fingerprint density at radius 2 is 1.50 bits per heavy atom. The Morgan fingerprint density at radius 3 is 2.08 bits per heavy atom. The standard InChI is InChI=1S/C27H19Cl2NO6/c28-18-11-10-15(12-19(18)29)22-20(25(33)30-13-14-6-2-1-3-7-14)21(26(34)35)27(36-22)23(31)16-8-4-5-9-17(16)24(27)32/h1-12,20-22H,13H2,(H,30,33)(H,34,35). The lowest BCUT2D eigenvalue weighted by Crippen LogP contribution is -2.52. The van der Waals surface area contributed by atoms with E-state index in [9.17, 15) is 24.3 Å². The highest BCUT2D eigenvalue weighted by Gasteiger charge is 2.71. The van der Waals surface area contributed by atoms with E-state index in [1.807, 2.05) is 6.07 Å². The van der Waals surface area contributed by atoms with E-state index in [0.29, 0.717) is 5.56 Å². The van der Waals surface area contributed by atoms with E-state index in [4.69, 9.17) is 27.9 Å². The average molecular weight is 524 g/mol. The predicted octanol–water partition coefficient (Wildman–Crippen LogP) is 4.52. The molecule has 182 valence electrons. The molecule has 1 fully saturated rings. The SMILES string of the molecule is O=C(NCc1ccccc1)C1C(c2ccc(Cl)c(Cl)c2)OC2(C(=O)c3ccccc3C2=O)C1C(=O)O. The van der Waals surface area contributed by atoms with Crippen molar-refractivity contribution in [2.24, 2.45) is 11.8 Å². The third kappa shape index (κ3) is 3.71. The van der Waals surface area contributed by atoms with Gasteiger partial charge in [-0.15, -0.1) is 0 Å². The van der Waals surface area contributed by atoms with Crippen molar-refractivity contribution in [1.29, 1.82) is 0 Å². The van der Waals surface area contributed by atoms with Crippen molar-refractivity contribution < 1.29 is 29.0 Å². The Balaban J connectivity index is 1.62. The van der Waals surface area contributed by atoms with Crippen LogP contribution in [0.25, 0.3) is 0 Å². The number of rotatable bonds is 5. The zero-order valence-corrected chi connectivity index (χ0v) is 20.1. The number of carbonyl (C=O) groups is 4. The van der Waals surface area contributed by atoms with Gasteiger partial charge in [0.25, 0.3) is 0 Å². The summed E-state index contributed by atoms with van der Waals surface area (Å²) in [7, 11) is 0. The van der Waals surface area contributed by atoms with Gasteiger partial charge in [-0.3, -0.25) is 19.2 Å². The molecule has 2 N–H and O–H groups in total. The second-order valence-electron chi connectivity index (χ2n) is 8.70. The molecule has 9 heteroatoms. The van der Waals surface area contributed by atoms with Gasteiger partial charge in [0.2, 0.25) is 23.1 Å². The van der Waals surface area contributed by atoms with Crippen molar-refractivity contribution in [3.8, 4) is 0 Å². The summed E-state index contributed by atoms with van der Waals surface area (Å²) in [6.07, 6.45) is -1.25. The van der Waals surface area contributed by atoms with Crippen LogP contribution in [0.5, 0.6) is 0 Å². The van der Waals surface area contributed by atoms with Gasteiger partial charge in [0, 0.05) is 17.7 Å². The minimum Gasteiger partial charge on any atom is -0.481 e. The van der Waals surface area contributed by atoms with E-state index in [1.54, 1.807) is 36.4 Å². The normalized spacial score (nSPS) is 22.0. The summed E-state index contributed by atoms with van der Waals surface area (Å²) >= 11 is 12.3. The molecule has 0 saturated carbocycles. The summed E-state index contributed by atoms with van der Waals surface area (Å²) in [5.41, 5.74) is -1.15. The van der Waals surface area contributed by atoms with Gasteiger partial charge in [0.15, 0.2) is 0 Å². The molecule has 3 unspecified atom stereocenters. The van der Waals surface area contributed by atoms with Crippen molar-refractivity contribution in [1.82, 2.24) is 5.32 Å². The number of halogens is 2. The van der Waals surface area contributed by atoms with E-state index < -0.39 is 47.0 Å². The van der Waals surface area contributed by atoms with Gasteiger partial charge in [-0.25, -0.2) is 0 Å². The second-order valence-corrected chi connectivity index (χ2v) is 9.51. The molecule has 1 aliphatic carbocycles. The molecule has 0 aromatic heterocycles. The molecule has 3 aromatic rings.